The zero-order valence-electron chi connectivity index (χ0n) is 10.5. The van der Waals surface area contributed by atoms with E-state index in [0.29, 0.717) is 30.0 Å². The lowest BCUT2D eigenvalue weighted by Gasteiger charge is -2.08. The molecule has 3 N–H and O–H groups in total. The molecule has 1 aromatic rings. The number of hydrogen-bond donors (Lipinski definition) is 3. The minimum atomic E-state index is -0.787. The second kappa shape index (κ2) is 8.06. The fourth-order valence-electron chi connectivity index (χ4n) is 1.06. The summed E-state index contributed by atoms with van der Waals surface area (Å²) in [6.45, 7) is 4.67. The zero-order chi connectivity index (χ0) is 13.4. The second-order valence-corrected chi connectivity index (χ2v) is 4.32. The van der Waals surface area contributed by atoms with Crippen LogP contribution < -0.4 is 10.1 Å². The number of aromatic nitrogens is 3. The number of anilines is 1. The highest BCUT2D eigenvalue weighted by atomic mass is 32.2. The third-order valence-corrected chi connectivity index (χ3v) is 2.81. The highest BCUT2D eigenvalue weighted by Gasteiger charge is 2.10. The minimum Gasteiger partial charge on any atom is -0.464 e. The van der Waals surface area contributed by atoms with Crippen molar-refractivity contribution in [1.82, 2.24) is 15.0 Å². The summed E-state index contributed by atoms with van der Waals surface area (Å²) in [5.74, 6) is 0.759. The number of thioether (sulfide) groups is 1. The Bertz CT molecular complexity index is 343. The zero-order valence-corrected chi connectivity index (χ0v) is 11.3. The Hall–Kier alpha value is -1.12. The second-order valence-electron chi connectivity index (χ2n) is 3.33. The van der Waals surface area contributed by atoms with E-state index in [0.717, 1.165) is 0 Å². The Balaban J connectivity index is 2.75. The Kier molecular flexibility index (Phi) is 6.69. The van der Waals surface area contributed by atoms with Gasteiger partial charge in [-0.05, 0) is 13.8 Å². The molecule has 0 saturated carbocycles. The molecule has 0 bridgehead atoms. The van der Waals surface area contributed by atoms with Crippen molar-refractivity contribution in [2.75, 3.05) is 30.8 Å². The molecule has 1 atom stereocenters. The van der Waals surface area contributed by atoms with E-state index in [9.17, 15) is 5.11 Å². The highest BCUT2D eigenvalue weighted by Crippen LogP contribution is 2.18. The van der Waals surface area contributed by atoms with Crippen LogP contribution in [-0.4, -0.2) is 56.8 Å². The normalized spacial score (nSPS) is 12.2. The first-order chi connectivity index (χ1) is 8.69. The van der Waals surface area contributed by atoms with Gasteiger partial charge in [-0.25, -0.2) is 0 Å². The molecule has 7 nitrogen and oxygen atoms in total. The molecular weight excluding hydrogens is 256 g/mol. The van der Waals surface area contributed by atoms with Gasteiger partial charge in [0.05, 0.1) is 19.3 Å². The van der Waals surface area contributed by atoms with Gasteiger partial charge >= 0.3 is 6.01 Å². The van der Waals surface area contributed by atoms with Gasteiger partial charge in [-0.3, -0.25) is 0 Å². The van der Waals surface area contributed by atoms with Crippen LogP contribution in [0.5, 0.6) is 6.01 Å². The Morgan fingerprint density at radius 2 is 2.11 bits per heavy atom. The molecule has 0 radical (unpaired) electrons. The summed E-state index contributed by atoms with van der Waals surface area (Å²) < 4.78 is 5.24. The maximum absolute atomic E-state index is 9.28. The lowest BCUT2D eigenvalue weighted by molar-refractivity contribution is 0.113. The molecule has 0 aliphatic rings. The van der Waals surface area contributed by atoms with Crippen LogP contribution in [0.15, 0.2) is 5.16 Å². The molecule has 0 aromatic carbocycles. The average molecular weight is 274 g/mol. The fraction of sp³-hybridized carbons (Fsp3) is 0.700. The summed E-state index contributed by atoms with van der Waals surface area (Å²) in [5.41, 5.74) is 0. The number of nitrogens with zero attached hydrogens (tertiary/aromatic N) is 3. The number of nitrogens with one attached hydrogen (secondary N) is 1. The topological polar surface area (TPSA) is 100 Å². The standard InChI is InChI=1S/C10H18N4O3S/c1-3-11-8-12-9(17-4-2)14-10(13-8)18-6-7(16)5-15/h7,15-16H,3-6H2,1-2H3,(H,11,12,13,14). The van der Waals surface area contributed by atoms with Gasteiger partial charge in [0, 0.05) is 12.3 Å². The Labute approximate surface area is 110 Å². The molecule has 102 valence electrons. The number of rotatable bonds is 8. The number of aliphatic hydroxyl groups is 2. The van der Waals surface area contributed by atoms with Gasteiger partial charge in [0.25, 0.3) is 0 Å². The van der Waals surface area contributed by atoms with Crippen molar-refractivity contribution in [3.8, 4) is 6.01 Å². The van der Waals surface area contributed by atoms with E-state index in [-0.39, 0.29) is 12.6 Å². The molecule has 0 aliphatic carbocycles. The molecule has 0 aliphatic heterocycles. The smallest absolute Gasteiger partial charge is 0.322 e. The third-order valence-electron chi connectivity index (χ3n) is 1.82. The number of aliphatic hydroxyl groups excluding tert-OH is 2. The van der Waals surface area contributed by atoms with Crippen LogP contribution in [0.1, 0.15) is 13.8 Å². The minimum absolute atomic E-state index is 0.254. The van der Waals surface area contributed by atoms with E-state index in [1.54, 1.807) is 0 Å². The largest absolute Gasteiger partial charge is 0.464 e. The summed E-state index contributed by atoms with van der Waals surface area (Å²) in [6, 6.07) is 0.254. The average Bonchev–Trinajstić information content (AvgIpc) is 2.36. The molecule has 0 fully saturated rings. The number of hydrogen-bond acceptors (Lipinski definition) is 8. The Morgan fingerprint density at radius 1 is 1.33 bits per heavy atom. The maximum atomic E-state index is 9.28. The maximum Gasteiger partial charge on any atom is 0.322 e. The summed E-state index contributed by atoms with van der Waals surface area (Å²) in [7, 11) is 0. The van der Waals surface area contributed by atoms with Crippen LogP contribution in [-0.2, 0) is 0 Å². The van der Waals surface area contributed by atoms with Gasteiger partial charge in [-0.15, -0.1) is 0 Å². The van der Waals surface area contributed by atoms with Crippen LogP contribution in [0.25, 0.3) is 0 Å². The molecule has 0 saturated heterocycles. The first-order valence-corrected chi connectivity index (χ1v) is 6.72. The van der Waals surface area contributed by atoms with Crippen LogP contribution in [0, 0.1) is 0 Å². The van der Waals surface area contributed by atoms with Crippen molar-refractivity contribution < 1.29 is 14.9 Å². The SMILES string of the molecule is CCNc1nc(OCC)nc(SCC(O)CO)n1. The van der Waals surface area contributed by atoms with Crippen molar-refractivity contribution in [2.45, 2.75) is 25.1 Å². The van der Waals surface area contributed by atoms with Gasteiger partial charge in [0.1, 0.15) is 0 Å². The monoisotopic (exact) mass is 274 g/mol. The lowest BCUT2D eigenvalue weighted by Crippen LogP contribution is -2.15. The molecule has 8 heteroatoms. The summed E-state index contributed by atoms with van der Waals surface area (Å²) in [6.07, 6.45) is -0.787. The van der Waals surface area contributed by atoms with Crippen LogP contribution in [0.3, 0.4) is 0 Å². The first-order valence-electron chi connectivity index (χ1n) is 5.74. The Morgan fingerprint density at radius 3 is 2.72 bits per heavy atom. The summed E-state index contributed by atoms with van der Waals surface area (Å²) in [4.78, 5) is 12.3. The van der Waals surface area contributed by atoms with Crippen molar-refractivity contribution >= 4 is 17.7 Å². The van der Waals surface area contributed by atoms with E-state index < -0.39 is 6.10 Å². The molecule has 18 heavy (non-hydrogen) atoms. The summed E-state index contributed by atoms with van der Waals surface area (Å²) in [5, 5.41) is 21.4. The van der Waals surface area contributed by atoms with Gasteiger partial charge in [-0.2, -0.15) is 15.0 Å². The van der Waals surface area contributed by atoms with Gasteiger partial charge < -0.3 is 20.3 Å². The molecule has 1 aromatic heterocycles. The molecule has 0 spiro atoms. The fourth-order valence-corrected chi connectivity index (χ4v) is 1.80. The molecular formula is C10H18N4O3S. The third kappa shape index (κ3) is 5.03. The van der Waals surface area contributed by atoms with Gasteiger partial charge in [-0.1, -0.05) is 11.8 Å². The van der Waals surface area contributed by atoms with Crippen LogP contribution in [0.2, 0.25) is 0 Å². The summed E-state index contributed by atoms with van der Waals surface area (Å²) >= 11 is 1.24. The van der Waals surface area contributed by atoms with E-state index >= 15 is 0 Å². The van der Waals surface area contributed by atoms with Crippen molar-refractivity contribution in [2.24, 2.45) is 0 Å². The van der Waals surface area contributed by atoms with Gasteiger partial charge in [0.15, 0.2) is 5.16 Å². The van der Waals surface area contributed by atoms with Crippen LogP contribution in [0.4, 0.5) is 5.95 Å². The van der Waals surface area contributed by atoms with E-state index in [1.165, 1.54) is 11.8 Å². The molecule has 1 unspecified atom stereocenters. The molecule has 0 amide bonds. The van der Waals surface area contributed by atoms with E-state index in [2.05, 4.69) is 20.3 Å². The predicted octanol–water partition coefficient (Wildman–Crippen LogP) is 0.147. The first kappa shape index (κ1) is 14.9. The van der Waals surface area contributed by atoms with Crippen molar-refractivity contribution in [3.05, 3.63) is 0 Å². The quantitative estimate of drug-likeness (QED) is 0.576. The van der Waals surface area contributed by atoms with Gasteiger partial charge in [0.2, 0.25) is 5.95 Å². The van der Waals surface area contributed by atoms with E-state index in [1.807, 2.05) is 13.8 Å². The molecule has 1 heterocycles. The van der Waals surface area contributed by atoms with Crippen molar-refractivity contribution in [1.29, 1.82) is 0 Å². The lowest BCUT2D eigenvalue weighted by atomic mass is 10.4. The highest BCUT2D eigenvalue weighted by molar-refractivity contribution is 7.99. The van der Waals surface area contributed by atoms with E-state index in [4.69, 9.17) is 9.84 Å². The van der Waals surface area contributed by atoms with Crippen molar-refractivity contribution in [3.63, 3.8) is 0 Å². The molecule has 1 rings (SSSR count). The number of ether oxygens (including phenoxy) is 1. The predicted molar refractivity (Wildman–Crippen MR) is 69.0 cm³/mol. The van der Waals surface area contributed by atoms with Crippen LogP contribution >= 0.6 is 11.8 Å².